The van der Waals surface area contributed by atoms with Gasteiger partial charge in [0.2, 0.25) is 5.91 Å². The van der Waals surface area contributed by atoms with Crippen molar-refractivity contribution in [2.45, 2.75) is 75.3 Å². The maximum absolute atomic E-state index is 12.7. The molecule has 1 aromatic rings. The van der Waals surface area contributed by atoms with Crippen molar-refractivity contribution >= 4 is 11.9 Å². The van der Waals surface area contributed by atoms with Gasteiger partial charge in [-0.1, -0.05) is 37.5 Å². The second-order valence-corrected chi connectivity index (χ2v) is 9.49. The first-order valence-electron chi connectivity index (χ1n) is 11.5. The molecule has 4 rings (SSSR count). The number of ether oxygens (including phenoxy) is 1. The number of likely N-dealkylation sites (tertiary alicyclic amines) is 1. The Morgan fingerprint density at radius 2 is 1.83 bits per heavy atom. The summed E-state index contributed by atoms with van der Waals surface area (Å²) in [5.41, 5.74) is 0.851. The van der Waals surface area contributed by atoms with Gasteiger partial charge in [0.05, 0.1) is 0 Å². The number of para-hydroxylation sites is 1. The number of piperidine rings is 1. The molecule has 1 saturated heterocycles. The summed E-state index contributed by atoms with van der Waals surface area (Å²) >= 11 is 0. The fourth-order valence-corrected chi connectivity index (χ4v) is 5.26. The van der Waals surface area contributed by atoms with Gasteiger partial charge in [0.15, 0.2) is 0 Å². The van der Waals surface area contributed by atoms with E-state index in [0.717, 1.165) is 43.4 Å². The van der Waals surface area contributed by atoms with Crippen LogP contribution in [0.2, 0.25) is 0 Å². The lowest BCUT2D eigenvalue weighted by molar-refractivity contribution is -0.129. The molecule has 0 bridgehead atoms. The van der Waals surface area contributed by atoms with Crippen LogP contribution in [-0.2, 0) is 4.79 Å². The van der Waals surface area contributed by atoms with Gasteiger partial charge in [0.25, 0.3) is 0 Å². The van der Waals surface area contributed by atoms with E-state index in [2.05, 4.69) is 11.4 Å². The summed E-state index contributed by atoms with van der Waals surface area (Å²) in [5.74, 6) is 1.21. The zero-order chi connectivity index (χ0) is 21.1. The summed E-state index contributed by atoms with van der Waals surface area (Å²) in [4.78, 5) is 28.8. The molecule has 1 N–H and O–H groups in total. The van der Waals surface area contributed by atoms with E-state index in [1.54, 1.807) is 4.90 Å². The average Bonchev–Trinajstić information content (AvgIpc) is 2.75. The van der Waals surface area contributed by atoms with Crippen LogP contribution in [-0.4, -0.2) is 60.6 Å². The molecule has 1 aromatic carbocycles. The Bertz CT molecular complexity index is 765. The zero-order valence-electron chi connectivity index (χ0n) is 18.4. The second kappa shape index (κ2) is 8.86. The molecule has 3 aliphatic rings. The number of urea groups is 1. The Morgan fingerprint density at radius 1 is 1.13 bits per heavy atom. The summed E-state index contributed by atoms with van der Waals surface area (Å²) in [5, 5.41) is 3.24. The van der Waals surface area contributed by atoms with E-state index in [9.17, 15) is 9.59 Å². The van der Waals surface area contributed by atoms with Crippen molar-refractivity contribution in [2.75, 3.05) is 27.2 Å². The van der Waals surface area contributed by atoms with E-state index < -0.39 is 0 Å². The molecule has 2 aliphatic heterocycles. The third-order valence-corrected chi connectivity index (χ3v) is 7.12. The standard InChI is InChI=1S/C24H35N3O3/c1-26(2)22(28)16-18-17-24(30-21-11-7-6-10-20(18)21)12-14-27(15-13-24)23(29)25-19-8-4-3-5-9-19/h6-7,10-11,18-19H,3-5,8-9,12-17H2,1-2H3,(H,25,29). The van der Waals surface area contributed by atoms with Crippen LogP contribution >= 0.6 is 0 Å². The molecule has 0 radical (unpaired) electrons. The molecule has 2 heterocycles. The second-order valence-electron chi connectivity index (χ2n) is 9.49. The van der Waals surface area contributed by atoms with Crippen LogP contribution in [0.1, 0.15) is 69.3 Å². The van der Waals surface area contributed by atoms with E-state index in [1.807, 2.05) is 37.2 Å². The van der Waals surface area contributed by atoms with Crippen molar-refractivity contribution in [2.24, 2.45) is 0 Å². The molecule has 30 heavy (non-hydrogen) atoms. The smallest absolute Gasteiger partial charge is 0.317 e. The minimum Gasteiger partial charge on any atom is -0.487 e. The average molecular weight is 414 g/mol. The van der Waals surface area contributed by atoms with E-state index >= 15 is 0 Å². The maximum Gasteiger partial charge on any atom is 0.317 e. The molecule has 1 atom stereocenters. The van der Waals surface area contributed by atoms with Gasteiger partial charge in [0.1, 0.15) is 11.4 Å². The van der Waals surface area contributed by atoms with Crippen molar-refractivity contribution in [3.63, 3.8) is 0 Å². The van der Waals surface area contributed by atoms with Crippen molar-refractivity contribution in [1.82, 2.24) is 15.1 Å². The molecule has 6 nitrogen and oxygen atoms in total. The fourth-order valence-electron chi connectivity index (χ4n) is 5.26. The number of fused-ring (bicyclic) bond motifs is 1. The van der Waals surface area contributed by atoms with Gasteiger partial charge in [-0.05, 0) is 30.9 Å². The molecular weight excluding hydrogens is 378 g/mol. The number of nitrogens with one attached hydrogen (secondary N) is 1. The van der Waals surface area contributed by atoms with Gasteiger partial charge in [-0.25, -0.2) is 4.79 Å². The number of hydrogen-bond donors (Lipinski definition) is 1. The van der Waals surface area contributed by atoms with Crippen molar-refractivity contribution < 1.29 is 14.3 Å². The van der Waals surface area contributed by atoms with E-state index in [4.69, 9.17) is 4.74 Å². The third kappa shape index (κ3) is 4.57. The first-order valence-corrected chi connectivity index (χ1v) is 11.5. The van der Waals surface area contributed by atoms with Crippen LogP contribution in [0, 0.1) is 0 Å². The molecule has 1 unspecified atom stereocenters. The molecule has 2 fully saturated rings. The van der Waals surface area contributed by atoms with Crippen LogP contribution in [0.3, 0.4) is 0 Å². The lowest BCUT2D eigenvalue weighted by Crippen LogP contribution is -2.55. The maximum atomic E-state index is 12.7. The summed E-state index contributed by atoms with van der Waals surface area (Å²) in [7, 11) is 3.62. The Kier molecular flexibility index (Phi) is 6.21. The van der Waals surface area contributed by atoms with Gasteiger partial charge in [0, 0.05) is 58.4 Å². The molecule has 6 heteroatoms. The summed E-state index contributed by atoms with van der Waals surface area (Å²) < 4.78 is 6.53. The Morgan fingerprint density at radius 3 is 2.53 bits per heavy atom. The number of amides is 3. The predicted octanol–water partition coefficient (Wildman–Crippen LogP) is 3.91. The van der Waals surface area contributed by atoms with Gasteiger partial charge in [-0.3, -0.25) is 4.79 Å². The number of nitrogens with zero attached hydrogens (tertiary/aromatic N) is 2. The highest BCUT2D eigenvalue weighted by Gasteiger charge is 2.44. The third-order valence-electron chi connectivity index (χ3n) is 7.12. The van der Waals surface area contributed by atoms with Gasteiger partial charge in [-0.15, -0.1) is 0 Å². The molecule has 3 amide bonds. The highest BCUT2D eigenvalue weighted by Crippen LogP contribution is 2.46. The monoisotopic (exact) mass is 413 g/mol. The van der Waals surface area contributed by atoms with Gasteiger partial charge in [-0.2, -0.15) is 0 Å². The van der Waals surface area contributed by atoms with Crippen molar-refractivity contribution in [3.05, 3.63) is 29.8 Å². The number of carbonyl (C=O) groups is 2. The molecule has 1 spiro atoms. The molecule has 1 aliphatic carbocycles. The minimum atomic E-state index is -0.284. The lowest BCUT2D eigenvalue weighted by Gasteiger charge is -2.47. The highest BCUT2D eigenvalue weighted by molar-refractivity contribution is 5.77. The van der Waals surface area contributed by atoms with Crippen molar-refractivity contribution in [1.29, 1.82) is 0 Å². The number of carbonyl (C=O) groups excluding carboxylic acids is 2. The fraction of sp³-hybridized carbons (Fsp3) is 0.667. The van der Waals surface area contributed by atoms with E-state index in [1.165, 1.54) is 19.3 Å². The SMILES string of the molecule is CN(C)C(=O)CC1CC2(CCN(C(=O)NC3CCCCC3)CC2)Oc2ccccc21. The Labute approximate surface area is 179 Å². The first kappa shape index (κ1) is 21.0. The predicted molar refractivity (Wildman–Crippen MR) is 117 cm³/mol. The zero-order valence-corrected chi connectivity index (χ0v) is 18.4. The van der Waals surface area contributed by atoms with Gasteiger partial charge < -0.3 is 19.9 Å². The Hall–Kier alpha value is -2.24. The number of benzene rings is 1. The molecule has 1 saturated carbocycles. The van der Waals surface area contributed by atoms with Crippen LogP contribution in [0.4, 0.5) is 4.79 Å². The Balaban J connectivity index is 1.41. The minimum absolute atomic E-state index is 0.0762. The highest BCUT2D eigenvalue weighted by atomic mass is 16.5. The summed E-state index contributed by atoms with van der Waals surface area (Å²) in [6.07, 6.45) is 8.88. The van der Waals surface area contributed by atoms with Crippen molar-refractivity contribution in [3.8, 4) is 5.75 Å². The van der Waals surface area contributed by atoms with E-state index in [-0.39, 0.29) is 23.5 Å². The van der Waals surface area contributed by atoms with E-state index in [0.29, 0.717) is 25.6 Å². The first-order chi connectivity index (χ1) is 14.5. The lowest BCUT2D eigenvalue weighted by atomic mass is 9.76. The summed E-state index contributed by atoms with van der Waals surface area (Å²) in [6.45, 7) is 1.41. The number of hydrogen-bond acceptors (Lipinski definition) is 3. The largest absolute Gasteiger partial charge is 0.487 e. The normalized spacial score (nSPS) is 23.4. The quantitative estimate of drug-likeness (QED) is 0.817. The van der Waals surface area contributed by atoms with Crippen LogP contribution in [0.25, 0.3) is 0 Å². The number of rotatable bonds is 3. The van der Waals surface area contributed by atoms with Crippen LogP contribution in [0.5, 0.6) is 5.75 Å². The van der Waals surface area contributed by atoms with Gasteiger partial charge >= 0.3 is 6.03 Å². The van der Waals surface area contributed by atoms with Crippen LogP contribution < -0.4 is 10.1 Å². The molecule has 0 aromatic heterocycles. The van der Waals surface area contributed by atoms with Crippen LogP contribution in [0.15, 0.2) is 24.3 Å². The topological polar surface area (TPSA) is 61.9 Å². The molecular formula is C24H35N3O3. The summed E-state index contributed by atoms with van der Waals surface area (Å²) in [6, 6.07) is 8.53. The molecule has 164 valence electrons.